The summed E-state index contributed by atoms with van der Waals surface area (Å²) in [5, 5.41) is 21.5. The number of pyridine rings is 6. The van der Waals surface area contributed by atoms with E-state index in [2.05, 4.69) is 430 Å². The second kappa shape index (κ2) is 30.8. The van der Waals surface area contributed by atoms with E-state index in [0.717, 1.165) is 132 Å². The van der Waals surface area contributed by atoms with Crippen LogP contribution in [0.25, 0.3) is 282 Å². The number of imidazole rings is 3. The fourth-order valence-electron chi connectivity index (χ4n) is 22.0. The number of hydrogen-bond acceptors (Lipinski definition) is 8. The van der Waals surface area contributed by atoms with Crippen molar-refractivity contribution >= 4 is 233 Å². The Bertz CT molecular complexity index is 10600. The lowest BCUT2D eigenvalue weighted by Crippen LogP contribution is -1.94. The van der Waals surface area contributed by atoms with Crippen LogP contribution in [0.4, 0.5) is 0 Å². The lowest BCUT2D eigenvalue weighted by atomic mass is 9.95. The van der Waals surface area contributed by atoms with E-state index in [4.69, 9.17) is 29.9 Å². The minimum absolute atomic E-state index is 0.960. The van der Waals surface area contributed by atoms with Crippen molar-refractivity contribution in [2.45, 2.75) is 0 Å². The Morgan fingerprint density at radius 1 is 0.188 bits per heavy atom. The predicted octanol–water partition coefficient (Wildman–Crippen LogP) is 33.9. The fourth-order valence-corrected chi connectivity index (χ4v) is 24.3. The topological polar surface area (TPSA) is 95.5 Å². The summed E-state index contributed by atoms with van der Waals surface area (Å²) >= 11 is 3.74. The molecule has 31 aromatic rings. The van der Waals surface area contributed by atoms with Crippen molar-refractivity contribution < 1.29 is 0 Å². The molecule has 0 radical (unpaired) electrons. The Morgan fingerprint density at radius 3 is 1.03 bits per heavy atom. The van der Waals surface area contributed by atoms with Crippen LogP contribution >= 0.6 is 22.7 Å². The van der Waals surface area contributed by atoms with Gasteiger partial charge in [-0.25, -0.2) is 15.0 Å². The molecular formula is C126H74N10S2. The Balaban J connectivity index is 0.000000100. The van der Waals surface area contributed by atoms with Crippen LogP contribution in [0, 0.1) is 0 Å². The van der Waals surface area contributed by atoms with Crippen LogP contribution in [0.5, 0.6) is 0 Å². The number of hydrogen-bond donors (Lipinski definition) is 0. The van der Waals surface area contributed by atoms with Crippen LogP contribution in [0.15, 0.2) is 449 Å². The van der Waals surface area contributed by atoms with Crippen molar-refractivity contribution in [3.05, 3.63) is 449 Å². The van der Waals surface area contributed by atoms with Crippen molar-refractivity contribution in [2.24, 2.45) is 0 Å². The molecule has 12 heteroatoms. The molecule has 0 bridgehead atoms. The van der Waals surface area contributed by atoms with Gasteiger partial charge in [0.2, 0.25) is 0 Å². The molecule has 0 aliphatic rings. The minimum Gasteiger partial charge on any atom is -0.309 e. The highest BCUT2D eigenvalue weighted by atomic mass is 32.1. The molecule has 12 aromatic heterocycles. The van der Waals surface area contributed by atoms with E-state index in [0.29, 0.717) is 0 Å². The number of aromatic nitrogens is 10. The third-order valence-corrected chi connectivity index (χ3v) is 30.7. The van der Waals surface area contributed by atoms with Gasteiger partial charge in [-0.3, -0.25) is 28.2 Å². The molecule has 640 valence electrons. The summed E-state index contributed by atoms with van der Waals surface area (Å²) in [4.78, 5) is 29.9. The molecular weight excluding hydrogens is 1720 g/mol. The van der Waals surface area contributed by atoms with Gasteiger partial charge < -0.3 is 4.57 Å². The zero-order valence-electron chi connectivity index (χ0n) is 74.0. The average molecular weight is 1790 g/mol. The molecule has 0 atom stereocenters. The van der Waals surface area contributed by atoms with Crippen molar-refractivity contribution in [1.82, 2.24) is 47.7 Å². The molecule has 0 saturated carbocycles. The van der Waals surface area contributed by atoms with E-state index in [1.165, 1.54) is 151 Å². The quantitative estimate of drug-likeness (QED) is 0.148. The number of para-hydroxylation sites is 8. The second-order valence-electron chi connectivity index (χ2n) is 35.9. The van der Waals surface area contributed by atoms with Gasteiger partial charge in [-0.05, 0) is 237 Å². The summed E-state index contributed by atoms with van der Waals surface area (Å²) in [5.41, 5.74) is 33.7. The van der Waals surface area contributed by atoms with Gasteiger partial charge in [-0.15, -0.1) is 22.7 Å². The second-order valence-corrected chi connectivity index (χ2v) is 38.0. The lowest BCUT2D eigenvalue weighted by Gasteiger charge is -2.13. The SMILES string of the molecule is c1cc(-c2ccc3c(c2)c2c(ccc4cccnc42)c2nc4ccccc4n32)cc(-c2cccc3c2sc2ccccc23)c1.c1ccc(-n2c3ccccc3c3cc(-c4ccc(-c5ccc6c(c5)c5c(ccc7cccnc75)c5nc7ccccc7n65)cc4)ccc32)cc1.c1cnc2c(c1)ccc1c2c2cc(-c3ccc(-c4ccc5sc6ccccc6c5c4)cc3)ccc2n2c3ccccc3nc12. The number of thiophene rings is 2. The van der Waals surface area contributed by atoms with E-state index in [1.54, 1.807) is 0 Å². The maximum Gasteiger partial charge on any atom is 0.146 e. The molecule has 0 fully saturated rings. The van der Waals surface area contributed by atoms with Crippen molar-refractivity contribution in [3.63, 3.8) is 0 Å². The molecule has 0 amide bonds. The number of nitrogens with zero attached hydrogens (tertiary/aromatic N) is 10. The summed E-state index contributed by atoms with van der Waals surface area (Å²) in [6.45, 7) is 0. The number of rotatable bonds is 7. The van der Waals surface area contributed by atoms with E-state index >= 15 is 0 Å². The largest absolute Gasteiger partial charge is 0.309 e. The molecule has 0 saturated heterocycles. The third-order valence-electron chi connectivity index (χ3n) is 28.3. The highest BCUT2D eigenvalue weighted by Gasteiger charge is 2.24. The molecule has 0 unspecified atom stereocenters. The monoisotopic (exact) mass is 1790 g/mol. The van der Waals surface area contributed by atoms with Crippen LogP contribution in [-0.2, 0) is 0 Å². The fraction of sp³-hybridized carbons (Fsp3) is 0. The normalized spacial score (nSPS) is 12.1. The van der Waals surface area contributed by atoms with Gasteiger partial charge in [0.05, 0.1) is 77.2 Å². The Labute approximate surface area is 796 Å². The van der Waals surface area contributed by atoms with Crippen LogP contribution < -0.4 is 0 Å². The Morgan fingerprint density at radius 2 is 0.536 bits per heavy atom. The number of fused-ring (bicyclic) bond motifs is 39. The van der Waals surface area contributed by atoms with Gasteiger partial charge in [0, 0.05) is 140 Å². The smallest absolute Gasteiger partial charge is 0.146 e. The van der Waals surface area contributed by atoms with Gasteiger partial charge in [-0.1, -0.05) is 261 Å². The summed E-state index contributed by atoms with van der Waals surface area (Å²) < 4.78 is 14.6. The summed E-state index contributed by atoms with van der Waals surface area (Å²) in [5.74, 6) is 0. The predicted molar refractivity (Wildman–Crippen MR) is 582 cm³/mol. The third kappa shape index (κ3) is 12.1. The molecule has 0 N–H and O–H groups in total. The molecule has 19 aromatic carbocycles. The molecule has 31 rings (SSSR count). The van der Waals surface area contributed by atoms with E-state index in [-0.39, 0.29) is 0 Å². The van der Waals surface area contributed by atoms with Crippen LogP contribution in [-0.4, -0.2) is 47.7 Å². The standard InChI is InChI=1S/C46H28N4.2C40H23N3S/c1-2-10-34(11-3-1)49-40-14-6-4-12-35(40)37-27-32(21-24-41(37)49)29-16-18-30(19-17-29)33-22-25-42-38(28-33)44-36(23-20-31-9-8-26-47-45(31)44)46-48-39-13-5-7-15-43(39)50(42)46;1-4-16-36-29(11-1)30-13-6-12-28(39(30)44-36)27-9-5-8-25(22-27)26-18-20-34-32(23-26)37-31(19-17-24-10-7-21-41-38(24)37)40-42-33-14-2-3-15-35(33)43(34)40;1-4-10-36-29(7-1)31-22-28(17-20-37(31)44-36)25-13-11-24(12-14-25)27-16-19-34-32(23-27)38-30(18-15-26-6-5-21-41-39(26)38)40-42-33-8-2-3-9-35(33)43(34)40/h1-28H;2*1-23H. The summed E-state index contributed by atoms with van der Waals surface area (Å²) in [6.07, 6.45) is 5.67. The molecule has 138 heavy (non-hydrogen) atoms. The molecule has 0 spiro atoms. The maximum atomic E-state index is 5.11. The van der Waals surface area contributed by atoms with Crippen LogP contribution in [0.1, 0.15) is 0 Å². The zero-order chi connectivity index (χ0) is 90.3. The first-order valence-electron chi connectivity index (χ1n) is 46.7. The molecule has 0 aliphatic carbocycles. The lowest BCUT2D eigenvalue weighted by molar-refractivity contribution is 1.18. The van der Waals surface area contributed by atoms with Crippen molar-refractivity contribution in [2.75, 3.05) is 0 Å². The molecule has 10 nitrogen and oxygen atoms in total. The maximum absolute atomic E-state index is 5.11. The Hall–Kier alpha value is -17.9. The van der Waals surface area contributed by atoms with Crippen molar-refractivity contribution in [3.8, 4) is 72.4 Å². The van der Waals surface area contributed by atoms with E-state index in [9.17, 15) is 0 Å². The first-order valence-corrected chi connectivity index (χ1v) is 48.3. The van der Waals surface area contributed by atoms with Gasteiger partial charge in [-0.2, -0.15) is 0 Å². The summed E-state index contributed by atoms with van der Waals surface area (Å²) in [7, 11) is 0. The van der Waals surface area contributed by atoms with E-state index in [1.807, 2.05) is 59.5 Å². The highest BCUT2D eigenvalue weighted by molar-refractivity contribution is 7.26. The number of benzene rings is 19. The molecule has 12 heterocycles. The first-order chi connectivity index (χ1) is 68.4. The van der Waals surface area contributed by atoms with E-state index < -0.39 is 0 Å². The first kappa shape index (κ1) is 77.6. The van der Waals surface area contributed by atoms with Crippen LogP contribution in [0.2, 0.25) is 0 Å². The average Bonchev–Trinajstić information content (AvgIpc) is 1.47. The van der Waals surface area contributed by atoms with Crippen molar-refractivity contribution in [1.29, 1.82) is 0 Å². The highest BCUT2D eigenvalue weighted by Crippen LogP contribution is 2.47. The van der Waals surface area contributed by atoms with Gasteiger partial charge in [0.1, 0.15) is 16.9 Å². The van der Waals surface area contributed by atoms with Crippen LogP contribution in [0.3, 0.4) is 0 Å². The summed E-state index contributed by atoms with van der Waals surface area (Å²) in [6, 6.07) is 155. The zero-order valence-corrected chi connectivity index (χ0v) is 75.6. The minimum atomic E-state index is 0.960. The Kier molecular flexibility index (Phi) is 17.3. The van der Waals surface area contributed by atoms with Gasteiger partial charge >= 0.3 is 0 Å². The van der Waals surface area contributed by atoms with Gasteiger partial charge in [0.15, 0.2) is 0 Å². The molecule has 0 aliphatic heterocycles. The van der Waals surface area contributed by atoms with Gasteiger partial charge in [0.25, 0.3) is 0 Å².